The minimum absolute atomic E-state index is 0.149. The standard InChI is InChI=1S/C14H17N3O2S/c1-14(2,7-6-12(18)19)16-11-5-3-4-10(8-11)13-17-15-9-20-13/h3-5,8-9,16H,6-7H2,1-2H3,(H,18,19). The van der Waals surface area contributed by atoms with Crippen LogP contribution in [0.15, 0.2) is 29.8 Å². The van der Waals surface area contributed by atoms with E-state index in [1.165, 1.54) is 11.3 Å². The zero-order chi connectivity index (χ0) is 14.6. The largest absolute Gasteiger partial charge is 0.481 e. The van der Waals surface area contributed by atoms with E-state index >= 15 is 0 Å². The summed E-state index contributed by atoms with van der Waals surface area (Å²) in [5, 5.41) is 20.9. The van der Waals surface area contributed by atoms with E-state index in [4.69, 9.17) is 5.11 Å². The molecule has 0 bridgehead atoms. The van der Waals surface area contributed by atoms with Crippen LogP contribution in [-0.2, 0) is 4.79 Å². The van der Waals surface area contributed by atoms with Crippen LogP contribution in [0.2, 0.25) is 0 Å². The molecule has 2 aromatic rings. The Morgan fingerprint density at radius 2 is 2.25 bits per heavy atom. The third-order valence-corrected chi connectivity index (χ3v) is 3.66. The highest BCUT2D eigenvalue weighted by Gasteiger charge is 2.19. The molecule has 1 heterocycles. The van der Waals surface area contributed by atoms with Gasteiger partial charge in [0, 0.05) is 23.2 Å². The monoisotopic (exact) mass is 291 g/mol. The van der Waals surface area contributed by atoms with Gasteiger partial charge in [0.2, 0.25) is 0 Å². The molecule has 20 heavy (non-hydrogen) atoms. The second kappa shape index (κ2) is 6.00. The molecule has 5 nitrogen and oxygen atoms in total. The quantitative estimate of drug-likeness (QED) is 0.854. The number of aliphatic carboxylic acids is 1. The summed E-state index contributed by atoms with van der Waals surface area (Å²) in [4.78, 5) is 10.7. The summed E-state index contributed by atoms with van der Waals surface area (Å²) < 4.78 is 0. The van der Waals surface area contributed by atoms with Gasteiger partial charge in [0.1, 0.15) is 10.5 Å². The Balaban J connectivity index is 2.09. The lowest BCUT2D eigenvalue weighted by Gasteiger charge is -2.27. The summed E-state index contributed by atoms with van der Waals surface area (Å²) in [6.45, 7) is 3.99. The first-order chi connectivity index (χ1) is 9.46. The fraction of sp³-hybridized carbons (Fsp3) is 0.357. The van der Waals surface area contributed by atoms with Crippen LogP contribution in [0.3, 0.4) is 0 Å². The molecule has 0 saturated carbocycles. The highest BCUT2D eigenvalue weighted by Crippen LogP contribution is 2.26. The van der Waals surface area contributed by atoms with Crippen LogP contribution < -0.4 is 5.32 Å². The Bertz CT molecular complexity index is 582. The fourth-order valence-electron chi connectivity index (χ4n) is 1.90. The average molecular weight is 291 g/mol. The van der Waals surface area contributed by atoms with Crippen LogP contribution in [0.25, 0.3) is 10.6 Å². The summed E-state index contributed by atoms with van der Waals surface area (Å²) in [6.07, 6.45) is 0.710. The van der Waals surface area contributed by atoms with Gasteiger partial charge in [0.25, 0.3) is 0 Å². The maximum absolute atomic E-state index is 10.7. The molecule has 0 saturated heterocycles. The van der Waals surface area contributed by atoms with Gasteiger partial charge in [-0.3, -0.25) is 4.79 Å². The Kier molecular flexibility index (Phi) is 4.34. The fourth-order valence-corrected chi connectivity index (χ4v) is 2.45. The maximum atomic E-state index is 10.7. The first-order valence-electron chi connectivity index (χ1n) is 6.33. The minimum Gasteiger partial charge on any atom is -0.481 e. The van der Waals surface area contributed by atoms with Gasteiger partial charge in [-0.05, 0) is 32.4 Å². The lowest BCUT2D eigenvalue weighted by molar-refractivity contribution is -0.137. The van der Waals surface area contributed by atoms with Gasteiger partial charge in [0.05, 0.1) is 0 Å². The van der Waals surface area contributed by atoms with E-state index in [-0.39, 0.29) is 12.0 Å². The van der Waals surface area contributed by atoms with Crippen LogP contribution >= 0.6 is 11.3 Å². The second-order valence-corrected chi connectivity index (χ2v) is 6.06. The number of carboxylic acid groups (broad SMARTS) is 1. The maximum Gasteiger partial charge on any atom is 0.303 e. The molecular weight excluding hydrogens is 274 g/mol. The molecule has 0 unspecified atom stereocenters. The third kappa shape index (κ3) is 4.03. The third-order valence-electron chi connectivity index (χ3n) is 2.92. The molecule has 0 radical (unpaired) electrons. The summed E-state index contributed by atoms with van der Waals surface area (Å²) in [6, 6.07) is 7.90. The van der Waals surface area contributed by atoms with E-state index < -0.39 is 5.97 Å². The van der Waals surface area contributed by atoms with E-state index in [2.05, 4.69) is 15.5 Å². The Hall–Kier alpha value is -1.95. The number of anilines is 1. The zero-order valence-corrected chi connectivity index (χ0v) is 12.3. The molecule has 0 fully saturated rings. The molecular formula is C14H17N3O2S. The Labute approximate surface area is 121 Å². The molecule has 0 atom stereocenters. The van der Waals surface area contributed by atoms with Crippen LogP contribution in [0.5, 0.6) is 0 Å². The van der Waals surface area contributed by atoms with Crippen molar-refractivity contribution < 1.29 is 9.90 Å². The normalized spacial score (nSPS) is 11.3. The number of carbonyl (C=O) groups is 1. The van der Waals surface area contributed by atoms with E-state index in [1.807, 2.05) is 38.1 Å². The summed E-state index contributed by atoms with van der Waals surface area (Å²) >= 11 is 1.49. The summed E-state index contributed by atoms with van der Waals surface area (Å²) in [5.41, 5.74) is 3.38. The van der Waals surface area contributed by atoms with Crippen LogP contribution in [0, 0.1) is 0 Å². The van der Waals surface area contributed by atoms with Crippen LogP contribution in [0.1, 0.15) is 26.7 Å². The minimum atomic E-state index is -0.775. The molecule has 106 valence electrons. The molecule has 2 N–H and O–H groups in total. The predicted octanol–water partition coefficient (Wildman–Crippen LogP) is 3.26. The summed E-state index contributed by atoms with van der Waals surface area (Å²) in [5.74, 6) is -0.775. The molecule has 1 aromatic carbocycles. The first kappa shape index (κ1) is 14.5. The molecule has 0 spiro atoms. The number of nitrogens with one attached hydrogen (secondary N) is 1. The molecule has 6 heteroatoms. The van der Waals surface area contributed by atoms with Crippen molar-refractivity contribution in [3.8, 4) is 10.6 Å². The van der Waals surface area contributed by atoms with Gasteiger partial charge >= 0.3 is 5.97 Å². The van der Waals surface area contributed by atoms with Gasteiger partial charge in [-0.15, -0.1) is 10.2 Å². The van der Waals surface area contributed by atoms with E-state index in [0.29, 0.717) is 6.42 Å². The first-order valence-corrected chi connectivity index (χ1v) is 7.21. The summed E-state index contributed by atoms with van der Waals surface area (Å²) in [7, 11) is 0. The number of nitrogens with zero attached hydrogens (tertiary/aromatic N) is 2. The van der Waals surface area contributed by atoms with Crippen molar-refractivity contribution >= 4 is 23.0 Å². The second-order valence-electron chi connectivity index (χ2n) is 5.23. The number of aromatic nitrogens is 2. The van der Waals surface area contributed by atoms with Crippen LogP contribution in [-0.4, -0.2) is 26.8 Å². The average Bonchev–Trinajstić information content (AvgIpc) is 2.90. The number of carboxylic acids is 1. The molecule has 0 aliphatic rings. The number of hydrogen-bond acceptors (Lipinski definition) is 5. The Morgan fingerprint density at radius 3 is 2.90 bits per heavy atom. The lowest BCUT2D eigenvalue weighted by Crippen LogP contribution is -2.31. The molecule has 0 aliphatic carbocycles. The smallest absolute Gasteiger partial charge is 0.303 e. The highest BCUT2D eigenvalue weighted by atomic mass is 32.1. The van der Waals surface area contributed by atoms with Gasteiger partial charge in [-0.2, -0.15) is 0 Å². The molecule has 0 amide bonds. The van der Waals surface area contributed by atoms with Gasteiger partial charge in [-0.1, -0.05) is 23.5 Å². The zero-order valence-electron chi connectivity index (χ0n) is 11.5. The molecule has 1 aromatic heterocycles. The lowest BCUT2D eigenvalue weighted by atomic mass is 9.97. The van der Waals surface area contributed by atoms with Crippen LogP contribution in [0.4, 0.5) is 5.69 Å². The van der Waals surface area contributed by atoms with E-state index in [1.54, 1.807) is 5.51 Å². The molecule has 2 rings (SSSR count). The SMILES string of the molecule is CC(C)(CCC(=O)O)Nc1cccc(-c2nncs2)c1. The van der Waals surface area contributed by atoms with Crippen molar-refractivity contribution in [2.45, 2.75) is 32.2 Å². The van der Waals surface area contributed by atoms with E-state index in [9.17, 15) is 4.79 Å². The number of hydrogen-bond donors (Lipinski definition) is 2. The van der Waals surface area contributed by atoms with Crippen molar-refractivity contribution in [3.05, 3.63) is 29.8 Å². The van der Waals surface area contributed by atoms with Crippen molar-refractivity contribution in [2.75, 3.05) is 5.32 Å². The number of benzene rings is 1. The van der Waals surface area contributed by atoms with Crippen molar-refractivity contribution in [2.24, 2.45) is 0 Å². The van der Waals surface area contributed by atoms with Gasteiger partial charge in [0.15, 0.2) is 0 Å². The highest BCUT2D eigenvalue weighted by molar-refractivity contribution is 7.12. The van der Waals surface area contributed by atoms with Crippen molar-refractivity contribution in [1.29, 1.82) is 0 Å². The Morgan fingerprint density at radius 1 is 1.45 bits per heavy atom. The van der Waals surface area contributed by atoms with Crippen molar-refractivity contribution in [3.63, 3.8) is 0 Å². The number of rotatable bonds is 6. The van der Waals surface area contributed by atoms with Gasteiger partial charge in [-0.25, -0.2) is 0 Å². The van der Waals surface area contributed by atoms with E-state index in [0.717, 1.165) is 16.3 Å². The molecule has 0 aliphatic heterocycles. The predicted molar refractivity (Wildman–Crippen MR) is 79.9 cm³/mol. The van der Waals surface area contributed by atoms with Gasteiger partial charge < -0.3 is 10.4 Å². The topological polar surface area (TPSA) is 75.1 Å². The van der Waals surface area contributed by atoms with Crippen molar-refractivity contribution in [1.82, 2.24) is 10.2 Å².